The van der Waals surface area contributed by atoms with Crippen molar-refractivity contribution >= 4 is 27.4 Å². The molecule has 2 rings (SSSR count). The number of hydrogen-bond donors (Lipinski definition) is 1. The Bertz CT molecular complexity index is 817. The van der Waals surface area contributed by atoms with Gasteiger partial charge in [0, 0.05) is 26.1 Å². The predicted octanol–water partition coefficient (Wildman–Crippen LogP) is 3.21. The maximum absolute atomic E-state index is 12.9. The largest absolute Gasteiger partial charge is 0.496 e. The average molecular weight is 425 g/mol. The van der Waals surface area contributed by atoms with Gasteiger partial charge in [0.25, 0.3) is 5.56 Å². The summed E-state index contributed by atoms with van der Waals surface area (Å²) in [6.07, 6.45) is 1.64. The van der Waals surface area contributed by atoms with E-state index < -0.39 is 0 Å². The summed E-state index contributed by atoms with van der Waals surface area (Å²) in [6, 6.07) is 3.60. The minimum Gasteiger partial charge on any atom is -0.496 e. The molecule has 0 spiro atoms. The van der Waals surface area contributed by atoms with Gasteiger partial charge in [0.2, 0.25) is 0 Å². The maximum atomic E-state index is 12.9. The lowest BCUT2D eigenvalue weighted by Crippen LogP contribution is -2.32. The van der Waals surface area contributed by atoms with Crippen molar-refractivity contribution in [3.05, 3.63) is 44.4 Å². The highest BCUT2D eigenvalue weighted by molar-refractivity contribution is 9.10. The van der Waals surface area contributed by atoms with Crippen LogP contribution in [-0.4, -0.2) is 44.1 Å². The van der Waals surface area contributed by atoms with Gasteiger partial charge in [-0.1, -0.05) is 0 Å². The molecule has 8 heteroatoms. The molecule has 0 bridgehead atoms. The first kappa shape index (κ1) is 20.4. The van der Waals surface area contributed by atoms with Gasteiger partial charge >= 0.3 is 0 Å². The number of aromatic nitrogens is 2. The Labute approximate surface area is 161 Å². The third-order valence-electron chi connectivity index (χ3n) is 4.01. The van der Waals surface area contributed by atoms with Crippen molar-refractivity contribution in [2.24, 2.45) is 0 Å². The minimum atomic E-state index is -0.254. The summed E-state index contributed by atoms with van der Waals surface area (Å²) in [5.74, 6) is 1.03. The Morgan fingerprint density at radius 3 is 2.38 bits per heavy atom. The monoisotopic (exact) mass is 424 g/mol. The molecule has 142 valence electrons. The van der Waals surface area contributed by atoms with E-state index in [1.807, 2.05) is 26.0 Å². The van der Waals surface area contributed by atoms with Gasteiger partial charge in [-0.15, -0.1) is 0 Å². The van der Waals surface area contributed by atoms with Crippen molar-refractivity contribution in [1.82, 2.24) is 9.55 Å². The number of methoxy groups -OCH3 is 3. The lowest BCUT2D eigenvalue weighted by Gasteiger charge is -2.20. The van der Waals surface area contributed by atoms with Crippen molar-refractivity contribution in [2.45, 2.75) is 19.9 Å². The van der Waals surface area contributed by atoms with E-state index in [1.54, 1.807) is 32.1 Å². The van der Waals surface area contributed by atoms with Crippen molar-refractivity contribution in [3.8, 4) is 5.75 Å². The number of hydrogen-bond acceptors (Lipinski definition) is 6. The highest BCUT2D eigenvalue weighted by Crippen LogP contribution is 2.27. The van der Waals surface area contributed by atoms with Gasteiger partial charge in [0.1, 0.15) is 10.4 Å². The molecule has 0 unspecified atom stereocenters. The highest BCUT2D eigenvalue weighted by atomic mass is 79.9. The molecule has 0 aliphatic rings. The SMILES string of the molecule is COCC(COC)n1cc(Br)nc(Nc2cc(C)c(O[11CH3])cc2C)c1=O. The Morgan fingerprint density at radius 2 is 1.81 bits per heavy atom. The van der Waals surface area contributed by atoms with E-state index in [0.717, 1.165) is 22.6 Å². The second kappa shape index (κ2) is 9.16. The van der Waals surface area contributed by atoms with Crippen LogP contribution < -0.4 is 15.6 Å². The van der Waals surface area contributed by atoms with Gasteiger partial charge in [-0.3, -0.25) is 4.79 Å². The first-order valence-corrected chi connectivity index (χ1v) is 8.89. The molecular weight excluding hydrogens is 401 g/mol. The van der Waals surface area contributed by atoms with Crippen LogP contribution in [0.4, 0.5) is 11.5 Å². The highest BCUT2D eigenvalue weighted by Gasteiger charge is 2.17. The minimum absolute atomic E-state index is 0.226. The van der Waals surface area contributed by atoms with Crippen LogP contribution in [0.2, 0.25) is 0 Å². The number of aryl methyl sites for hydroxylation is 2. The fourth-order valence-electron chi connectivity index (χ4n) is 2.70. The van der Waals surface area contributed by atoms with E-state index in [2.05, 4.69) is 26.2 Å². The normalized spacial score (nSPS) is 11.0. The van der Waals surface area contributed by atoms with E-state index in [-0.39, 0.29) is 17.4 Å². The molecule has 0 saturated heterocycles. The molecular formula is C18H24BrN3O4. The molecule has 2 aromatic rings. The van der Waals surface area contributed by atoms with Gasteiger partial charge in [-0.2, -0.15) is 0 Å². The fraction of sp³-hybridized carbons (Fsp3) is 0.444. The fourth-order valence-corrected chi connectivity index (χ4v) is 3.10. The third-order valence-corrected chi connectivity index (χ3v) is 4.39. The van der Waals surface area contributed by atoms with E-state index in [9.17, 15) is 4.79 Å². The molecule has 0 fully saturated rings. The van der Waals surface area contributed by atoms with Crippen molar-refractivity contribution in [1.29, 1.82) is 0 Å². The van der Waals surface area contributed by atoms with Crippen LogP contribution >= 0.6 is 15.9 Å². The first-order chi connectivity index (χ1) is 12.4. The van der Waals surface area contributed by atoms with E-state index in [4.69, 9.17) is 14.2 Å². The Hall–Kier alpha value is -1.90. The summed E-state index contributed by atoms with van der Waals surface area (Å²) in [4.78, 5) is 17.2. The van der Waals surface area contributed by atoms with Gasteiger partial charge < -0.3 is 24.1 Å². The topological polar surface area (TPSA) is 74.6 Å². The summed E-state index contributed by atoms with van der Waals surface area (Å²) in [7, 11) is 4.81. The van der Waals surface area contributed by atoms with Crippen LogP contribution in [-0.2, 0) is 9.47 Å². The number of halogens is 1. The average Bonchev–Trinajstić information content (AvgIpc) is 2.60. The number of nitrogens with one attached hydrogen (secondary N) is 1. The van der Waals surface area contributed by atoms with Crippen LogP contribution in [0, 0.1) is 13.8 Å². The predicted molar refractivity (Wildman–Crippen MR) is 105 cm³/mol. The second-order valence-corrected chi connectivity index (χ2v) is 6.76. The summed E-state index contributed by atoms with van der Waals surface area (Å²) >= 11 is 3.37. The van der Waals surface area contributed by atoms with Crippen LogP contribution in [0.5, 0.6) is 5.75 Å². The molecule has 0 amide bonds. The van der Waals surface area contributed by atoms with Gasteiger partial charge in [-0.05, 0) is 53.0 Å². The van der Waals surface area contributed by atoms with Crippen LogP contribution in [0.25, 0.3) is 0 Å². The number of nitrogens with zero attached hydrogens (tertiary/aromatic N) is 2. The molecule has 1 aromatic heterocycles. The molecule has 1 heterocycles. The molecule has 0 radical (unpaired) electrons. The van der Waals surface area contributed by atoms with Gasteiger partial charge in [0.05, 0.1) is 26.4 Å². The number of benzene rings is 1. The molecule has 0 aliphatic carbocycles. The summed E-state index contributed by atoms with van der Waals surface area (Å²) in [5, 5.41) is 3.14. The lowest BCUT2D eigenvalue weighted by molar-refractivity contribution is 0.0878. The maximum Gasteiger partial charge on any atom is 0.294 e. The Kier molecular flexibility index (Phi) is 7.19. The number of rotatable bonds is 8. The summed E-state index contributed by atoms with van der Waals surface area (Å²) in [5.41, 5.74) is 2.46. The van der Waals surface area contributed by atoms with Crippen LogP contribution in [0.3, 0.4) is 0 Å². The Morgan fingerprint density at radius 1 is 1.15 bits per heavy atom. The van der Waals surface area contributed by atoms with Crippen LogP contribution in [0.1, 0.15) is 17.2 Å². The lowest BCUT2D eigenvalue weighted by atomic mass is 10.1. The van der Waals surface area contributed by atoms with Gasteiger partial charge in [0.15, 0.2) is 5.82 Å². The number of ether oxygens (including phenoxy) is 3. The molecule has 1 aromatic carbocycles. The second-order valence-electron chi connectivity index (χ2n) is 5.95. The Balaban J connectivity index is 2.45. The first-order valence-electron chi connectivity index (χ1n) is 8.10. The molecule has 0 aliphatic heterocycles. The zero-order valence-corrected chi connectivity index (χ0v) is 17.2. The van der Waals surface area contributed by atoms with Gasteiger partial charge in [-0.25, -0.2) is 4.98 Å². The smallest absolute Gasteiger partial charge is 0.294 e. The van der Waals surface area contributed by atoms with Crippen molar-refractivity contribution in [2.75, 3.05) is 39.9 Å². The summed E-state index contributed by atoms with van der Waals surface area (Å²) < 4.78 is 17.9. The summed E-state index contributed by atoms with van der Waals surface area (Å²) in [6.45, 7) is 4.59. The van der Waals surface area contributed by atoms with Crippen LogP contribution in [0.15, 0.2) is 27.7 Å². The standard InChI is InChI=1S/C18H24BrN3O4/c1-11-7-15(26-5)12(2)6-14(11)20-17-18(23)22(8-16(19)21-17)13(9-24-3)10-25-4/h6-8,13H,9-10H2,1-5H3,(H,20,21)/i5-1. The van der Waals surface area contributed by atoms with E-state index >= 15 is 0 Å². The molecule has 1 N–H and O–H groups in total. The van der Waals surface area contributed by atoms with Crippen molar-refractivity contribution < 1.29 is 14.2 Å². The molecule has 0 atom stereocenters. The molecule has 26 heavy (non-hydrogen) atoms. The zero-order valence-electron chi connectivity index (χ0n) is 15.6. The molecule has 7 nitrogen and oxygen atoms in total. The number of anilines is 2. The third kappa shape index (κ3) is 4.63. The molecule has 0 saturated carbocycles. The van der Waals surface area contributed by atoms with E-state index in [1.165, 1.54) is 0 Å². The zero-order chi connectivity index (χ0) is 19.3. The quantitative estimate of drug-likeness (QED) is 0.700. The van der Waals surface area contributed by atoms with Crippen molar-refractivity contribution in [3.63, 3.8) is 0 Å². The van der Waals surface area contributed by atoms with E-state index in [0.29, 0.717) is 17.8 Å².